The summed E-state index contributed by atoms with van der Waals surface area (Å²) in [4.78, 5) is 0. The Morgan fingerprint density at radius 3 is 2.63 bits per heavy atom. The predicted molar refractivity (Wildman–Crippen MR) is 77.7 cm³/mol. The Morgan fingerprint density at radius 2 is 1.89 bits per heavy atom. The standard InChI is InChI=1S/C16H16ClNO/c17-13-7-5-11(6-8-13)9-14(18)16-10-12-3-1-2-4-15(12)19-16/h1-8,14,16H,9-10,18H2. The lowest BCUT2D eigenvalue weighted by Gasteiger charge is -2.19. The van der Waals surface area contributed by atoms with Gasteiger partial charge in [0.1, 0.15) is 11.9 Å². The molecule has 0 saturated carbocycles. The van der Waals surface area contributed by atoms with Gasteiger partial charge in [-0.1, -0.05) is 41.9 Å². The first kappa shape index (κ1) is 12.5. The molecule has 0 bridgehead atoms. The molecule has 1 heterocycles. The summed E-state index contributed by atoms with van der Waals surface area (Å²) in [6.07, 6.45) is 1.76. The second-order valence-electron chi connectivity index (χ2n) is 4.96. The molecule has 0 aromatic heterocycles. The van der Waals surface area contributed by atoms with Gasteiger partial charge in [0.15, 0.2) is 0 Å². The van der Waals surface area contributed by atoms with Gasteiger partial charge in [-0.05, 0) is 35.7 Å². The molecule has 2 N–H and O–H groups in total. The Bertz CT molecular complexity index is 542. The van der Waals surface area contributed by atoms with Crippen molar-refractivity contribution in [3.8, 4) is 5.75 Å². The van der Waals surface area contributed by atoms with Crippen LogP contribution in [-0.2, 0) is 12.8 Å². The number of hydrogen-bond donors (Lipinski definition) is 1. The molecule has 1 aliphatic heterocycles. The summed E-state index contributed by atoms with van der Waals surface area (Å²) in [5, 5.41) is 0.752. The van der Waals surface area contributed by atoms with Crippen LogP contribution in [0.4, 0.5) is 0 Å². The smallest absolute Gasteiger partial charge is 0.123 e. The van der Waals surface area contributed by atoms with Crippen molar-refractivity contribution in [2.45, 2.75) is 25.0 Å². The van der Waals surface area contributed by atoms with Crippen LogP contribution in [-0.4, -0.2) is 12.1 Å². The van der Waals surface area contributed by atoms with Gasteiger partial charge in [0.25, 0.3) is 0 Å². The summed E-state index contributed by atoms with van der Waals surface area (Å²) in [6.45, 7) is 0. The summed E-state index contributed by atoms with van der Waals surface area (Å²) < 4.78 is 5.91. The zero-order valence-corrected chi connectivity index (χ0v) is 11.3. The molecular formula is C16H16ClNO. The maximum Gasteiger partial charge on any atom is 0.123 e. The van der Waals surface area contributed by atoms with Crippen LogP contribution in [0.2, 0.25) is 5.02 Å². The van der Waals surface area contributed by atoms with Gasteiger partial charge in [-0.15, -0.1) is 0 Å². The molecule has 19 heavy (non-hydrogen) atoms. The second kappa shape index (κ2) is 5.24. The van der Waals surface area contributed by atoms with Crippen molar-refractivity contribution in [1.29, 1.82) is 0 Å². The normalized spacial score (nSPS) is 18.7. The molecule has 0 aliphatic carbocycles. The van der Waals surface area contributed by atoms with Gasteiger partial charge in [-0.2, -0.15) is 0 Å². The molecule has 2 aromatic carbocycles. The van der Waals surface area contributed by atoms with Crippen LogP contribution in [0.15, 0.2) is 48.5 Å². The van der Waals surface area contributed by atoms with E-state index in [1.807, 2.05) is 42.5 Å². The van der Waals surface area contributed by atoms with E-state index in [4.69, 9.17) is 22.1 Å². The SMILES string of the molecule is NC(Cc1ccc(Cl)cc1)C1Cc2ccccc2O1. The molecule has 0 amide bonds. The zero-order valence-electron chi connectivity index (χ0n) is 10.6. The van der Waals surface area contributed by atoms with Crippen LogP contribution in [0.3, 0.4) is 0 Å². The highest BCUT2D eigenvalue weighted by Crippen LogP contribution is 2.29. The Balaban J connectivity index is 1.66. The van der Waals surface area contributed by atoms with Crippen molar-refractivity contribution in [1.82, 2.24) is 0 Å². The highest BCUT2D eigenvalue weighted by molar-refractivity contribution is 6.30. The van der Waals surface area contributed by atoms with E-state index in [0.29, 0.717) is 0 Å². The van der Waals surface area contributed by atoms with Gasteiger partial charge in [0.05, 0.1) is 0 Å². The van der Waals surface area contributed by atoms with Crippen molar-refractivity contribution < 1.29 is 4.74 Å². The topological polar surface area (TPSA) is 35.2 Å². The number of para-hydroxylation sites is 1. The molecule has 0 saturated heterocycles. The summed E-state index contributed by atoms with van der Waals surface area (Å²) in [7, 11) is 0. The predicted octanol–water partition coefficient (Wildman–Crippen LogP) is 3.21. The average Bonchev–Trinajstić information content (AvgIpc) is 2.85. The van der Waals surface area contributed by atoms with Gasteiger partial charge in [-0.25, -0.2) is 0 Å². The fraction of sp³-hybridized carbons (Fsp3) is 0.250. The molecule has 3 heteroatoms. The number of halogens is 1. The van der Waals surface area contributed by atoms with E-state index in [1.165, 1.54) is 11.1 Å². The summed E-state index contributed by atoms with van der Waals surface area (Å²) in [6, 6.07) is 16.0. The number of fused-ring (bicyclic) bond motifs is 1. The highest BCUT2D eigenvalue weighted by Gasteiger charge is 2.27. The number of ether oxygens (including phenoxy) is 1. The van der Waals surface area contributed by atoms with Gasteiger partial charge in [0.2, 0.25) is 0 Å². The Morgan fingerprint density at radius 1 is 1.16 bits per heavy atom. The molecular weight excluding hydrogens is 258 g/mol. The lowest BCUT2D eigenvalue weighted by atomic mass is 9.99. The minimum Gasteiger partial charge on any atom is -0.488 e. The molecule has 0 spiro atoms. The second-order valence-corrected chi connectivity index (χ2v) is 5.40. The first-order chi connectivity index (χ1) is 9.22. The van der Waals surface area contributed by atoms with Gasteiger partial charge < -0.3 is 10.5 Å². The monoisotopic (exact) mass is 273 g/mol. The minimum absolute atomic E-state index is 0.00595. The molecule has 2 aromatic rings. The summed E-state index contributed by atoms with van der Waals surface area (Å²) in [5.74, 6) is 0.971. The van der Waals surface area contributed by atoms with Crippen LogP contribution in [0.1, 0.15) is 11.1 Å². The first-order valence-electron chi connectivity index (χ1n) is 6.47. The van der Waals surface area contributed by atoms with Crippen LogP contribution < -0.4 is 10.5 Å². The lowest BCUT2D eigenvalue weighted by Crippen LogP contribution is -2.39. The van der Waals surface area contributed by atoms with Crippen molar-refractivity contribution in [2.24, 2.45) is 5.73 Å². The largest absolute Gasteiger partial charge is 0.488 e. The quantitative estimate of drug-likeness (QED) is 0.932. The number of hydrogen-bond acceptors (Lipinski definition) is 2. The number of benzene rings is 2. The maximum absolute atomic E-state index is 6.27. The van der Waals surface area contributed by atoms with E-state index in [0.717, 1.165) is 23.6 Å². The number of nitrogens with two attached hydrogens (primary N) is 1. The molecule has 2 atom stereocenters. The Labute approximate surface area is 118 Å². The third kappa shape index (κ3) is 2.75. The van der Waals surface area contributed by atoms with Crippen molar-refractivity contribution in [2.75, 3.05) is 0 Å². The fourth-order valence-corrected chi connectivity index (χ4v) is 2.60. The maximum atomic E-state index is 6.27. The highest BCUT2D eigenvalue weighted by atomic mass is 35.5. The molecule has 0 fully saturated rings. The third-order valence-electron chi connectivity index (χ3n) is 3.53. The Kier molecular flexibility index (Phi) is 3.45. The minimum atomic E-state index is -0.00595. The van der Waals surface area contributed by atoms with E-state index >= 15 is 0 Å². The molecule has 2 unspecified atom stereocenters. The van der Waals surface area contributed by atoms with Gasteiger partial charge in [-0.3, -0.25) is 0 Å². The van der Waals surface area contributed by atoms with Crippen LogP contribution in [0.25, 0.3) is 0 Å². The average molecular weight is 274 g/mol. The molecule has 0 radical (unpaired) electrons. The molecule has 1 aliphatic rings. The Hall–Kier alpha value is -1.51. The van der Waals surface area contributed by atoms with E-state index in [-0.39, 0.29) is 12.1 Å². The summed E-state index contributed by atoms with van der Waals surface area (Å²) >= 11 is 5.88. The summed E-state index contributed by atoms with van der Waals surface area (Å²) in [5.41, 5.74) is 8.71. The third-order valence-corrected chi connectivity index (χ3v) is 3.79. The van der Waals surface area contributed by atoms with Gasteiger partial charge in [0, 0.05) is 17.5 Å². The zero-order chi connectivity index (χ0) is 13.2. The van der Waals surface area contributed by atoms with E-state index < -0.39 is 0 Å². The van der Waals surface area contributed by atoms with Crippen LogP contribution in [0, 0.1) is 0 Å². The van der Waals surface area contributed by atoms with Crippen LogP contribution >= 0.6 is 11.6 Å². The van der Waals surface area contributed by atoms with Crippen LogP contribution in [0.5, 0.6) is 5.75 Å². The molecule has 2 nitrogen and oxygen atoms in total. The molecule has 98 valence electrons. The van der Waals surface area contributed by atoms with Crippen molar-refractivity contribution >= 4 is 11.6 Å². The van der Waals surface area contributed by atoms with E-state index in [9.17, 15) is 0 Å². The number of rotatable bonds is 3. The lowest BCUT2D eigenvalue weighted by molar-refractivity contribution is 0.198. The fourth-order valence-electron chi connectivity index (χ4n) is 2.47. The molecule has 3 rings (SSSR count). The van der Waals surface area contributed by atoms with Crippen molar-refractivity contribution in [3.63, 3.8) is 0 Å². The van der Waals surface area contributed by atoms with Gasteiger partial charge >= 0.3 is 0 Å². The first-order valence-corrected chi connectivity index (χ1v) is 6.85. The van der Waals surface area contributed by atoms with E-state index in [1.54, 1.807) is 0 Å². The van der Waals surface area contributed by atoms with E-state index in [2.05, 4.69) is 6.07 Å². The van der Waals surface area contributed by atoms with Crippen molar-refractivity contribution in [3.05, 3.63) is 64.7 Å².